The number of nitrogens with zero attached hydrogens (tertiary/aromatic N) is 3. The SMILES string of the molecule is O=C(O)CCC(=O)n1nc(Cl)c(C(=O)Nc2ccc(F)cc2Cl)n1. The summed E-state index contributed by atoms with van der Waals surface area (Å²) >= 11 is 11.5. The average Bonchev–Trinajstić information content (AvgIpc) is 2.89. The number of carboxylic acids is 1. The minimum absolute atomic E-state index is 0.0376. The lowest BCUT2D eigenvalue weighted by molar-refractivity contribution is -0.137. The maximum Gasteiger partial charge on any atom is 0.303 e. The van der Waals surface area contributed by atoms with Gasteiger partial charge in [-0.1, -0.05) is 23.2 Å². The van der Waals surface area contributed by atoms with Gasteiger partial charge in [0, 0.05) is 6.42 Å². The molecule has 0 radical (unpaired) electrons. The number of halogens is 3. The predicted molar refractivity (Wildman–Crippen MR) is 81.9 cm³/mol. The Morgan fingerprint density at radius 2 is 1.92 bits per heavy atom. The Bertz CT molecular complexity index is 824. The van der Waals surface area contributed by atoms with Crippen LogP contribution in [0.15, 0.2) is 18.2 Å². The maximum atomic E-state index is 13.0. The van der Waals surface area contributed by atoms with Gasteiger partial charge in [-0.05, 0) is 18.2 Å². The molecule has 1 aromatic carbocycles. The molecule has 1 heterocycles. The average molecular weight is 375 g/mol. The summed E-state index contributed by atoms with van der Waals surface area (Å²) in [5.74, 6) is -3.29. The molecule has 1 amide bonds. The van der Waals surface area contributed by atoms with Crippen molar-refractivity contribution >= 4 is 46.7 Å². The Morgan fingerprint density at radius 3 is 2.54 bits per heavy atom. The van der Waals surface area contributed by atoms with Crippen LogP contribution in [0.1, 0.15) is 28.1 Å². The summed E-state index contributed by atoms with van der Waals surface area (Å²) in [5.41, 5.74) is -0.244. The van der Waals surface area contributed by atoms with E-state index in [0.29, 0.717) is 4.80 Å². The van der Waals surface area contributed by atoms with Gasteiger partial charge in [0.15, 0.2) is 10.8 Å². The van der Waals surface area contributed by atoms with E-state index >= 15 is 0 Å². The second-order valence-corrected chi connectivity index (χ2v) is 5.26. The van der Waals surface area contributed by atoms with Crippen molar-refractivity contribution in [2.75, 3.05) is 5.32 Å². The molecule has 0 saturated carbocycles. The first-order chi connectivity index (χ1) is 11.3. The van der Waals surface area contributed by atoms with Crippen LogP contribution in [0.25, 0.3) is 0 Å². The Balaban J connectivity index is 2.15. The van der Waals surface area contributed by atoms with Crippen molar-refractivity contribution in [3.05, 3.63) is 39.9 Å². The molecule has 2 aromatic rings. The van der Waals surface area contributed by atoms with Crippen molar-refractivity contribution in [1.29, 1.82) is 0 Å². The van der Waals surface area contributed by atoms with Crippen LogP contribution in [0.5, 0.6) is 0 Å². The lowest BCUT2D eigenvalue weighted by Crippen LogP contribution is -2.18. The van der Waals surface area contributed by atoms with Crippen LogP contribution in [0.3, 0.4) is 0 Å². The minimum Gasteiger partial charge on any atom is -0.481 e. The molecule has 2 rings (SSSR count). The number of hydrogen-bond donors (Lipinski definition) is 2. The van der Waals surface area contributed by atoms with Crippen LogP contribution in [0.2, 0.25) is 10.2 Å². The van der Waals surface area contributed by atoms with Crippen molar-refractivity contribution in [2.45, 2.75) is 12.8 Å². The van der Waals surface area contributed by atoms with E-state index in [1.165, 1.54) is 6.07 Å². The van der Waals surface area contributed by atoms with Crippen LogP contribution < -0.4 is 5.32 Å². The summed E-state index contributed by atoms with van der Waals surface area (Å²) in [4.78, 5) is 34.8. The fraction of sp³-hybridized carbons (Fsp3) is 0.154. The fourth-order valence-corrected chi connectivity index (χ4v) is 2.04. The van der Waals surface area contributed by atoms with Gasteiger partial charge in [-0.3, -0.25) is 14.4 Å². The first-order valence-electron chi connectivity index (χ1n) is 6.42. The quantitative estimate of drug-likeness (QED) is 0.830. The number of carboxylic acid groups (broad SMARTS) is 1. The van der Waals surface area contributed by atoms with Gasteiger partial charge in [0.2, 0.25) is 0 Å². The van der Waals surface area contributed by atoms with Gasteiger partial charge in [0.25, 0.3) is 11.8 Å². The van der Waals surface area contributed by atoms with Gasteiger partial charge in [-0.15, -0.1) is 15.0 Å². The molecular formula is C13H9Cl2FN4O4. The summed E-state index contributed by atoms with van der Waals surface area (Å²) in [6.45, 7) is 0. The number of rotatable bonds is 5. The monoisotopic (exact) mass is 374 g/mol. The zero-order chi connectivity index (χ0) is 17.9. The molecule has 8 nitrogen and oxygen atoms in total. The molecule has 1 aromatic heterocycles. The Kier molecular flexibility index (Phi) is 5.47. The van der Waals surface area contributed by atoms with Gasteiger partial charge in [0.05, 0.1) is 17.1 Å². The zero-order valence-corrected chi connectivity index (χ0v) is 13.3. The molecule has 24 heavy (non-hydrogen) atoms. The van der Waals surface area contributed by atoms with Gasteiger partial charge < -0.3 is 10.4 Å². The van der Waals surface area contributed by atoms with E-state index in [4.69, 9.17) is 28.3 Å². The first-order valence-corrected chi connectivity index (χ1v) is 7.17. The number of aromatic nitrogens is 3. The largest absolute Gasteiger partial charge is 0.481 e. The molecule has 0 spiro atoms. The van der Waals surface area contributed by atoms with Gasteiger partial charge in [0.1, 0.15) is 5.82 Å². The van der Waals surface area contributed by atoms with Gasteiger partial charge >= 0.3 is 5.97 Å². The summed E-state index contributed by atoms with van der Waals surface area (Å²) < 4.78 is 13.0. The van der Waals surface area contributed by atoms with E-state index in [0.717, 1.165) is 12.1 Å². The predicted octanol–water partition coefficient (Wildman–Crippen LogP) is 2.48. The molecule has 0 bridgehead atoms. The number of amides is 1. The molecule has 0 aliphatic rings. The highest BCUT2D eigenvalue weighted by atomic mass is 35.5. The zero-order valence-electron chi connectivity index (χ0n) is 11.8. The Morgan fingerprint density at radius 1 is 1.21 bits per heavy atom. The van der Waals surface area contributed by atoms with Crippen LogP contribution in [0.4, 0.5) is 10.1 Å². The standard InChI is InChI=1S/C13H9Cl2FN4O4/c14-7-5-6(16)1-2-8(7)17-13(24)11-12(15)19-20(18-11)9(21)3-4-10(22)23/h1-2,5H,3-4H2,(H,17,24)(H,22,23). The van der Waals surface area contributed by atoms with Crippen LogP contribution in [0, 0.1) is 5.82 Å². The summed E-state index contributed by atoms with van der Waals surface area (Å²) in [5, 5.41) is 17.7. The topological polar surface area (TPSA) is 114 Å². The van der Waals surface area contributed by atoms with Crippen molar-refractivity contribution in [2.24, 2.45) is 0 Å². The molecule has 11 heteroatoms. The van der Waals surface area contributed by atoms with Crippen LogP contribution in [-0.4, -0.2) is 37.9 Å². The molecule has 0 aliphatic heterocycles. The smallest absolute Gasteiger partial charge is 0.303 e. The highest BCUT2D eigenvalue weighted by Crippen LogP contribution is 2.23. The number of anilines is 1. The molecule has 0 fully saturated rings. The van der Waals surface area contributed by atoms with Crippen molar-refractivity contribution in [1.82, 2.24) is 15.0 Å². The third kappa shape index (κ3) is 4.27. The number of carbonyl (C=O) groups is 3. The number of hydrogen-bond acceptors (Lipinski definition) is 5. The second-order valence-electron chi connectivity index (χ2n) is 4.49. The van der Waals surface area contributed by atoms with E-state index in [-0.39, 0.29) is 28.0 Å². The maximum absolute atomic E-state index is 13.0. The molecule has 0 atom stereocenters. The van der Waals surface area contributed by atoms with E-state index in [1.807, 2.05) is 0 Å². The van der Waals surface area contributed by atoms with Crippen LogP contribution >= 0.6 is 23.2 Å². The highest BCUT2D eigenvalue weighted by Gasteiger charge is 2.21. The minimum atomic E-state index is -1.16. The molecule has 0 saturated heterocycles. The fourth-order valence-electron chi connectivity index (χ4n) is 1.63. The van der Waals surface area contributed by atoms with Crippen molar-refractivity contribution in [3.8, 4) is 0 Å². The molecule has 126 valence electrons. The number of nitrogens with one attached hydrogen (secondary N) is 1. The third-order valence-electron chi connectivity index (χ3n) is 2.74. The van der Waals surface area contributed by atoms with E-state index in [1.54, 1.807) is 0 Å². The summed E-state index contributed by atoms with van der Waals surface area (Å²) in [6.07, 6.45) is -0.768. The Labute approximate surface area is 144 Å². The lowest BCUT2D eigenvalue weighted by atomic mass is 10.3. The molecule has 0 unspecified atom stereocenters. The number of benzene rings is 1. The highest BCUT2D eigenvalue weighted by molar-refractivity contribution is 6.35. The van der Waals surface area contributed by atoms with E-state index in [9.17, 15) is 18.8 Å². The first kappa shape index (κ1) is 17.8. The number of carbonyl (C=O) groups excluding carboxylic acids is 2. The van der Waals surface area contributed by atoms with Crippen LogP contribution in [-0.2, 0) is 4.79 Å². The van der Waals surface area contributed by atoms with Gasteiger partial charge in [-0.25, -0.2) is 4.39 Å². The third-order valence-corrected chi connectivity index (χ3v) is 3.31. The molecule has 2 N–H and O–H groups in total. The second kappa shape index (κ2) is 7.37. The molecular weight excluding hydrogens is 366 g/mol. The van der Waals surface area contributed by atoms with E-state index < -0.39 is 30.0 Å². The summed E-state index contributed by atoms with van der Waals surface area (Å²) in [6, 6.07) is 3.34. The summed E-state index contributed by atoms with van der Waals surface area (Å²) in [7, 11) is 0. The number of aliphatic carboxylic acids is 1. The molecule has 0 aliphatic carbocycles. The van der Waals surface area contributed by atoms with E-state index in [2.05, 4.69) is 15.5 Å². The van der Waals surface area contributed by atoms with Crippen molar-refractivity contribution in [3.63, 3.8) is 0 Å². The Hall–Kier alpha value is -2.52. The van der Waals surface area contributed by atoms with Crippen molar-refractivity contribution < 1.29 is 23.9 Å². The normalized spacial score (nSPS) is 10.5. The lowest BCUT2D eigenvalue weighted by Gasteiger charge is -2.05. The van der Waals surface area contributed by atoms with Gasteiger partial charge in [-0.2, -0.15) is 0 Å².